The Labute approximate surface area is 125 Å². The summed E-state index contributed by atoms with van der Waals surface area (Å²) in [6.07, 6.45) is 1.43. The second kappa shape index (κ2) is 8.95. The molecule has 0 aliphatic carbocycles. The zero-order chi connectivity index (χ0) is 15.0. The molecule has 1 aromatic carbocycles. The van der Waals surface area contributed by atoms with Crippen LogP contribution in [0.25, 0.3) is 0 Å². The van der Waals surface area contributed by atoms with Crippen molar-refractivity contribution in [2.45, 2.75) is 32.4 Å². The van der Waals surface area contributed by atoms with Crippen LogP contribution in [0.2, 0.25) is 5.02 Å². The van der Waals surface area contributed by atoms with Gasteiger partial charge in [0.1, 0.15) is 0 Å². The standard InChI is InChI=1S/C15H23ClN2O2/c1-3-18(11-12-6-4-7-13(16)10-12)15(19)14(17)8-5-9-20-2/h4,6-7,10,14H,3,5,8-9,11,17H2,1-2H3. The van der Waals surface area contributed by atoms with E-state index in [1.165, 1.54) is 0 Å². The molecule has 0 heterocycles. The first-order valence-electron chi connectivity index (χ1n) is 6.86. The molecule has 2 N–H and O–H groups in total. The first-order chi connectivity index (χ1) is 9.58. The molecular weight excluding hydrogens is 276 g/mol. The molecule has 4 nitrogen and oxygen atoms in total. The number of halogens is 1. The van der Waals surface area contributed by atoms with E-state index in [-0.39, 0.29) is 5.91 Å². The third-order valence-electron chi connectivity index (χ3n) is 3.14. The van der Waals surface area contributed by atoms with E-state index in [1.54, 1.807) is 12.0 Å². The summed E-state index contributed by atoms with van der Waals surface area (Å²) in [6.45, 7) is 3.74. The molecule has 0 saturated heterocycles. The third kappa shape index (κ3) is 5.49. The predicted molar refractivity (Wildman–Crippen MR) is 81.6 cm³/mol. The fourth-order valence-corrected chi connectivity index (χ4v) is 2.22. The molecule has 1 rings (SSSR count). The van der Waals surface area contributed by atoms with Crippen LogP contribution < -0.4 is 5.73 Å². The summed E-state index contributed by atoms with van der Waals surface area (Å²) < 4.78 is 4.97. The van der Waals surface area contributed by atoms with E-state index < -0.39 is 6.04 Å². The molecule has 0 aromatic heterocycles. The van der Waals surface area contributed by atoms with Gasteiger partial charge >= 0.3 is 0 Å². The maximum absolute atomic E-state index is 12.3. The molecular formula is C15H23ClN2O2. The lowest BCUT2D eigenvalue weighted by atomic mass is 10.1. The van der Waals surface area contributed by atoms with E-state index in [9.17, 15) is 4.79 Å². The van der Waals surface area contributed by atoms with Crippen LogP contribution in [0.1, 0.15) is 25.3 Å². The second-order valence-corrected chi connectivity index (χ2v) is 5.16. The molecule has 0 aliphatic heterocycles. The molecule has 1 aromatic rings. The van der Waals surface area contributed by atoms with E-state index in [0.29, 0.717) is 31.1 Å². The predicted octanol–water partition coefficient (Wildman–Crippen LogP) is 2.44. The lowest BCUT2D eigenvalue weighted by Gasteiger charge is -2.24. The maximum Gasteiger partial charge on any atom is 0.239 e. The van der Waals surface area contributed by atoms with Gasteiger partial charge in [-0.05, 0) is 37.5 Å². The van der Waals surface area contributed by atoms with Gasteiger partial charge in [0, 0.05) is 31.8 Å². The fraction of sp³-hybridized carbons (Fsp3) is 0.533. The first kappa shape index (κ1) is 17.0. The van der Waals surface area contributed by atoms with Crippen LogP contribution in [0.4, 0.5) is 0 Å². The van der Waals surface area contributed by atoms with Crippen LogP contribution in [0.15, 0.2) is 24.3 Å². The Kier molecular flexibility index (Phi) is 7.59. The van der Waals surface area contributed by atoms with Gasteiger partial charge in [-0.3, -0.25) is 4.79 Å². The molecule has 0 bridgehead atoms. The minimum atomic E-state index is -0.468. The second-order valence-electron chi connectivity index (χ2n) is 4.72. The summed E-state index contributed by atoms with van der Waals surface area (Å²) in [5.74, 6) is -0.0245. The van der Waals surface area contributed by atoms with E-state index in [0.717, 1.165) is 12.0 Å². The monoisotopic (exact) mass is 298 g/mol. The molecule has 0 spiro atoms. The molecule has 0 radical (unpaired) electrons. The van der Waals surface area contributed by atoms with Gasteiger partial charge < -0.3 is 15.4 Å². The SMILES string of the molecule is CCN(Cc1cccc(Cl)c1)C(=O)C(N)CCCOC. The molecule has 0 saturated carbocycles. The topological polar surface area (TPSA) is 55.6 Å². The van der Waals surface area contributed by atoms with E-state index in [4.69, 9.17) is 22.1 Å². The summed E-state index contributed by atoms with van der Waals surface area (Å²) in [7, 11) is 1.64. The number of carbonyl (C=O) groups is 1. The van der Waals surface area contributed by atoms with Crippen LogP contribution >= 0.6 is 11.6 Å². The van der Waals surface area contributed by atoms with Crippen LogP contribution in [0, 0.1) is 0 Å². The number of nitrogens with two attached hydrogens (primary N) is 1. The van der Waals surface area contributed by atoms with Gasteiger partial charge in [0.2, 0.25) is 5.91 Å². The van der Waals surface area contributed by atoms with Crippen LogP contribution in [0.5, 0.6) is 0 Å². The van der Waals surface area contributed by atoms with Crippen molar-refractivity contribution in [1.82, 2.24) is 4.90 Å². The summed E-state index contributed by atoms with van der Waals surface area (Å²) in [5, 5.41) is 0.676. The van der Waals surface area contributed by atoms with Gasteiger partial charge in [-0.15, -0.1) is 0 Å². The Bertz CT molecular complexity index is 426. The average Bonchev–Trinajstić information content (AvgIpc) is 2.44. The number of amides is 1. The number of ether oxygens (including phenoxy) is 1. The number of carbonyl (C=O) groups excluding carboxylic acids is 1. The zero-order valence-corrected chi connectivity index (χ0v) is 12.9. The molecule has 1 atom stereocenters. The third-order valence-corrected chi connectivity index (χ3v) is 3.37. The summed E-state index contributed by atoms with van der Waals surface area (Å²) in [4.78, 5) is 14.0. The molecule has 1 unspecified atom stereocenters. The Morgan fingerprint density at radius 3 is 2.85 bits per heavy atom. The van der Waals surface area contributed by atoms with Crippen molar-refractivity contribution in [2.24, 2.45) is 5.73 Å². The van der Waals surface area contributed by atoms with Gasteiger partial charge in [0.05, 0.1) is 6.04 Å². The Balaban J connectivity index is 2.58. The lowest BCUT2D eigenvalue weighted by Crippen LogP contribution is -2.43. The van der Waals surface area contributed by atoms with Crippen molar-refractivity contribution in [2.75, 3.05) is 20.3 Å². The summed E-state index contributed by atoms with van der Waals surface area (Å²) >= 11 is 5.96. The number of hydrogen-bond donors (Lipinski definition) is 1. The highest BCUT2D eigenvalue weighted by atomic mass is 35.5. The van der Waals surface area contributed by atoms with E-state index >= 15 is 0 Å². The highest BCUT2D eigenvalue weighted by Crippen LogP contribution is 2.13. The number of methoxy groups -OCH3 is 1. The Morgan fingerprint density at radius 2 is 2.25 bits per heavy atom. The molecule has 5 heteroatoms. The van der Waals surface area contributed by atoms with Crippen molar-refractivity contribution >= 4 is 17.5 Å². The minimum absolute atomic E-state index is 0.0245. The number of hydrogen-bond acceptors (Lipinski definition) is 3. The van der Waals surface area contributed by atoms with E-state index in [2.05, 4.69) is 0 Å². The highest BCUT2D eigenvalue weighted by Gasteiger charge is 2.19. The van der Waals surface area contributed by atoms with Crippen molar-refractivity contribution in [1.29, 1.82) is 0 Å². The number of rotatable bonds is 8. The van der Waals surface area contributed by atoms with Gasteiger partial charge in [0.25, 0.3) is 0 Å². The first-order valence-corrected chi connectivity index (χ1v) is 7.24. The van der Waals surface area contributed by atoms with Gasteiger partial charge in [-0.1, -0.05) is 23.7 Å². The quantitative estimate of drug-likeness (QED) is 0.750. The Hall–Kier alpha value is -1.10. The van der Waals surface area contributed by atoms with Crippen molar-refractivity contribution < 1.29 is 9.53 Å². The molecule has 112 valence electrons. The lowest BCUT2D eigenvalue weighted by molar-refractivity contribution is -0.133. The van der Waals surface area contributed by atoms with E-state index in [1.807, 2.05) is 31.2 Å². The number of nitrogens with zero attached hydrogens (tertiary/aromatic N) is 1. The summed E-state index contributed by atoms with van der Waals surface area (Å²) in [5.41, 5.74) is 6.96. The summed E-state index contributed by atoms with van der Waals surface area (Å²) in [6, 6.07) is 7.06. The van der Waals surface area contributed by atoms with Gasteiger partial charge in [-0.2, -0.15) is 0 Å². The zero-order valence-electron chi connectivity index (χ0n) is 12.1. The van der Waals surface area contributed by atoms with Gasteiger partial charge in [0.15, 0.2) is 0 Å². The van der Waals surface area contributed by atoms with Crippen LogP contribution in [0.3, 0.4) is 0 Å². The smallest absolute Gasteiger partial charge is 0.239 e. The minimum Gasteiger partial charge on any atom is -0.385 e. The van der Waals surface area contributed by atoms with Crippen LogP contribution in [-0.4, -0.2) is 37.1 Å². The molecule has 0 aliphatic rings. The molecule has 1 amide bonds. The number of likely N-dealkylation sites (N-methyl/N-ethyl adjacent to an activating group) is 1. The number of benzene rings is 1. The van der Waals surface area contributed by atoms with Crippen molar-refractivity contribution in [3.63, 3.8) is 0 Å². The van der Waals surface area contributed by atoms with Gasteiger partial charge in [-0.25, -0.2) is 0 Å². The van der Waals surface area contributed by atoms with Crippen molar-refractivity contribution in [3.05, 3.63) is 34.9 Å². The molecule has 0 fully saturated rings. The van der Waals surface area contributed by atoms with Crippen molar-refractivity contribution in [3.8, 4) is 0 Å². The van der Waals surface area contributed by atoms with Crippen LogP contribution in [-0.2, 0) is 16.1 Å². The highest BCUT2D eigenvalue weighted by molar-refractivity contribution is 6.30. The maximum atomic E-state index is 12.3. The fourth-order valence-electron chi connectivity index (χ4n) is 2.01. The average molecular weight is 299 g/mol. The largest absolute Gasteiger partial charge is 0.385 e. The Morgan fingerprint density at radius 1 is 1.50 bits per heavy atom. The normalized spacial score (nSPS) is 12.2. The molecule has 20 heavy (non-hydrogen) atoms.